The zero-order valence-electron chi connectivity index (χ0n) is 7.21. The van der Waals surface area contributed by atoms with E-state index in [9.17, 15) is 4.79 Å². The van der Waals surface area contributed by atoms with Gasteiger partial charge in [-0.15, -0.1) is 0 Å². The van der Waals surface area contributed by atoms with E-state index in [1.54, 1.807) is 10.9 Å². The minimum absolute atomic E-state index is 0.167. The monoisotopic (exact) mass is 164 g/mol. The fourth-order valence-corrected chi connectivity index (χ4v) is 1.69. The minimum Gasteiger partial charge on any atom is -0.299 e. The van der Waals surface area contributed by atoms with Gasteiger partial charge in [-0.05, 0) is 26.2 Å². The molecule has 3 nitrogen and oxygen atoms in total. The van der Waals surface area contributed by atoms with Crippen LogP contribution >= 0.6 is 0 Å². The van der Waals surface area contributed by atoms with Gasteiger partial charge < -0.3 is 0 Å². The lowest BCUT2D eigenvalue weighted by atomic mass is 10.2. The Hall–Kier alpha value is -1.12. The Morgan fingerprint density at radius 1 is 1.58 bits per heavy atom. The van der Waals surface area contributed by atoms with Crippen LogP contribution in [0.1, 0.15) is 24.6 Å². The summed E-state index contributed by atoms with van der Waals surface area (Å²) in [6, 6.07) is 0. The summed E-state index contributed by atoms with van der Waals surface area (Å²) in [5.41, 5.74) is 2.13. The zero-order valence-corrected chi connectivity index (χ0v) is 7.21. The molecule has 3 heteroatoms. The van der Waals surface area contributed by atoms with Crippen LogP contribution in [-0.2, 0) is 19.4 Å². The van der Waals surface area contributed by atoms with Gasteiger partial charge in [-0.3, -0.25) is 9.36 Å². The van der Waals surface area contributed by atoms with Crippen LogP contribution in [0.15, 0.2) is 11.1 Å². The lowest BCUT2D eigenvalue weighted by molar-refractivity contribution is 0.694. The van der Waals surface area contributed by atoms with Crippen molar-refractivity contribution in [2.24, 2.45) is 0 Å². The molecule has 1 aliphatic carbocycles. The molecule has 12 heavy (non-hydrogen) atoms. The van der Waals surface area contributed by atoms with Crippen molar-refractivity contribution in [3.05, 3.63) is 27.9 Å². The maximum absolute atomic E-state index is 11.6. The molecule has 0 aromatic carbocycles. The predicted octanol–water partition coefficient (Wildman–Crippen LogP) is 0.752. The van der Waals surface area contributed by atoms with Crippen LogP contribution in [0.4, 0.5) is 0 Å². The lowest BCUT2D eigenvalue weighted by Gasteiger charge is -2.02. The number of fused-ring (bicyclic) bond motifs is 1. The third-order valence-electron chi connectivity index (χ3n) is 2.40. The largest absolute Gasteiger partial charge is 0.299 e. The second-order valence-corrected chi connectivity index (χ2v) is 3.11. The van der Waals surface area contributed by atoms with E-state index in [2.05, 4.69) is 4.98 Å². The van der Waals surface area contributed by atoms with E-state index in [0.717, 1.165) is 37.1 Å². The van der Waals surface area contributed by atoms with Crippen LogP contribution in [0.25, 0.3) is 0 Å². The van der Waals surface area contributed by atoms with Crippen LogP contribution < -0.4 is 5.56 Å². The van der Waals surface area contributed by atoms with E-state index in [1.165, 1.54) is 0 Å². The van der Waals surface area contributed by atoms with Gasteiger partial charge in [-0.2, -0.15) is 0 Å². The summed E-state index contributed by atoms with van der Waals surface area (Å²) in [5.74, 6) is 0. The molecule has 0 unspecified atom stereocenters. The SMILES string of the molecule is CCn1cnc2c(c1=O)CCC2. The van der Waals surface area contributed by atoms with Gasteiger partial charge >= 0.3 is 0 Å². The Labute approximate surface area is 71.1 Å². The van der Waals surface area contributed by atoms with Gasteiger partial charge in [0.1, 0.15) is 0 Å². The first-order valence-electron chi connectivity index (χ1n) is 4.40. The summed E-state index contributed by atoms with van der Waals surface area (Å²) >= 11 is 0. The second kappa shape index (κ2) is 2.73. The number of hydrogen-bond donors (Lipinski definition) is 0. The third-order valence-corrected chi connectivity index (χ3v) is 2.40. The van der Waals surface area contributed by atoms with Crippen molar-refractivity contribution < 1.29 is 0 Å². The molecule has 0 spiro atoms. The fourth-order valence-electron chi connectivity index (χ4n) is 1.69. The first-order chi connectivity index (χ1) is 5.83. The summed E-state index contributed by atoms with van der Waals surface area (Å²) < 4.78 is 1.67. The molecule has 0 saturated heterocycles. The molecule has 1 aromatic rings. The molecular formula is C9H12N2O. The van der Waals surface area contributed by atoms with Crippen LogP contribution in [-0.4, -0.2) is 9.55 Å². The number of rotatable bonds is 1. The Morgan fingerprint density at radius 2 is 2.42 bits per heavy atom. The molecule has 64 valence electrons. The van der Waals surface area contributed by atoms with E-state index in [0.29, 0.717) is 0 Å². The van der Waals surface area contributed by atoms with E-state index in [4.69, 9.17) is 0 Å². The Balaban J connectivity index is 2.62. The Kier molecular flexibility index (Phi) is 1.71. The standard InChI is InChI=1S/C9H12N2O/c1-2-11-6-10-8-5-3-4-7(8)9(11)12/h6H,2-5H2,1H3. The maximum Gasteiger partial charge on any atom is 0.256 e. The maximum atomic E-state index is 11.6. The quantitative estimate of drug-likeness (QED) is 0.614. The third kappa shape index (κ3) is 0.967. The molecular weight excluding hydrogens is 152 g/mol. The highest BCUT2D eigenvalue weighted by molar-refractivity contribution is 5.21. The molecule has 0 radical (unpaired) electrons. The van der Waals surface area contributed by atoms with E-state index in [1.807, 2.05) is 6.92 Å². The number of nitrogens with zero attached hydrogens (tertiary/aromatic N) is 2. The second-order valence-electron chi connectivity index (χ2n) is 3.11. The summed E-state index contributed by atoms with van der Waals surface area (Å²) in [7, 11) is 0. The van der Waals surface area contributed by atoms with Crippen molar-refractivity contribution >= 4 is 0 Å². The van der Waals surface area contributed by atoms with Crippen molar-refractivity contribution in [2.75, 3.05) is 0 Å². The molecule has 0 saturated carbocycles. The minimum atomic E-state index is 0.167. The van der Waals surface area contributed by atoms with Crippen LogP contribution in [0.2, 0.25) is 0 Å². The van der Waals surface area contributed by atoms with Crippen molar-refractivity contribution in [1.29, 1.82) is 0 Å². The molecule has 0 amide bonds. The average Bonchev–Trinajstić information content (AvgIpc) is 2.53. The molecule has 0 atom stereocenters. The normalized spacial score (nSPS) is 14.8. The molecule has 1 heterocycles. The van der Waals surface area contributed by atoms with Gasteiger partial charge in [-0.1, -0.05) is 0 Å². The van der Waals surface area contributed by atoms with E-state index < -0.39 is 0 Å². The highest BCUT2D eigenvalue weighted by atomic mass is 16.1. The summed E-state index contributed by atoms with van der Waals surface area (Å²) in [6.45, 7) is 2.68. The Morgan fingerprint density at radius 3 is 3.17 bits per heavy atom. The summed E-state index contributed by atoms with van der Waals surface area (Å²) in [4.78, 5) is 15.9. The van der Waals surface area contributed by atoms with E-state index >= 15 is 0 Å². The summed E-state index contributed by atoms with van der Waals surface area (Å²) in [5, 5.41) is 0. The Bertz CT molecular complexity index is 354. The first-order valence-corrected chi connectivity index (χ1v) is 4.40. The van der Waals surface area contributed by atoms with Gasteiger partial charge in [0.2, 0.25) is 0 Å². The molecule has 0 fully saturated rings. The molecule has 1 aliphatic rings. The van der Waals surface area contributed by atoms with Gasteiger partial charge in [0.15, 0.2) is 0 Å². The number of hydrogen-bond acceptors (Lipinski definition) is 2. The molecule has 0 aliphatic heterocycles. The highest BCUT2D eigenvalue weighted by Gasteiger charge is 2.16. The number of aryl methyl sites for hydroxylation is 2. The summed E-state index contributed by atoms with van der Waals surface area (Å²) in [6.07, 6.45) is 4.65. The predicted molar refractivity (Wildman–Crippen MR) is 46.2 cm³/mol. The smallest absolute Gasteiger partial charge is 0.256 e. The van der Waals surface area contributed by atoms with Crippen LogP contribution in [0.3, 0.4) is 0 Å². The van der Waals surface area contributed by atoms with Crippen molar-refractivity contribution in [3.8, 4) is 0 Å². The van der Waals surface area contributed by atoms with Gasteiger partial charge in [-0.25, -0.2) is 4.98 Å². The topological polar surface area (TPSA) is 34.9 Å². The van der Waals surface area contributed by atoms with Gasteiger partial charge in [0.25, 0.3) is 5.56 Å². The molecule has 0 N–H and O–H groups in total. The fraction of sp³-hybridized carbons (Fsp3) is 0.556. The number of aromatic nitrogens is 2. The average molecular weight is 164 g/mol. The van der Waals surface area contributed by atoms with Crippen LogP contribution in [0.5, 0.6) is 0 Å². The zero-order chi connectivity index (χ0) is 8.55. The highest BCUT2D eigenvalue weighted by Crippen LogP contribution is 2.14. The van der Waals surface area contributed by atoms with Crippen molar-refractivity contribution in [3.63, 3.8) is 0 Å². The van der Waals surface area contributed by atoms with Crippen LogP contribution in [0, 0.1) is 0 Å². The van der Waals surface area contributed by atoms with Gasteiger partial charge in [0, 0.05) is 12.1 Å². The molecule has 1 aromatic heterocycles. The van der Waals surface area contributed by atoms with Crippen molar-refractivity contribution in [2.45, 2.75) is 32.7 Å². The molecule has 0 bridgehead atoms. The van der Waals surface area contributed by atoms with E-state index in [-0.39, 0.29) is 5.56 Å². The first kappa shape index (κ1) is 7.53. The van der Waals surface area contributed by atoms with Gasteiger partial charge in [0.05, 0.1) is 12.0 Å². The lowest BCUT2D eigenvalue weighted by Crippen LogP contribution is -2.23. The molecule has 2 rings (SSSR count). The van der Waals surface area contributed by atoms with Crippen molar-refractivity contribution in [1.82, 2.24) is 9.55 Å².